The van der Waals surface area contributed by atoms with E-state index in [4.69, 9.17) is 4.42 Å². The van der Waals surface area contributed by atoms with Crippen LogP contribution in [-0.4, -0.2) is 0 Å². The Hall–Kier alpha value is -2.84. The summed E-state index contributed by atoms with van der Waals surface area (Å²) in [5.41, 5.74) is 4.73. The summed E-state index contributed by atoms with van der Waals surface area (Å²) < 4.78 is 9.05. The molecule has 0 aliphatic rings. The first-order valence-corrected chi connectivity index (χ1v) is 10.8. The first-order valence-electron chi connectivity index (χ1n) is 9.99. The number of furan rings is 1. The monoisotopic (exact) mass is 380 g/mol. The fourth-order valence-electron chi connectivity index (χ4n) is 4.41. The normalized spacial score (nSPS) is 12.2. The Morgan fingerprint density at radius 2 is 1.25 bits per heavy atom. The Bertz CT molecular complexity index is 1410. The van der Waals surface area contributed by atoms with Crippen molar-refractivity contribution in [3.63, 3.8) is 0 Å². The van der Waals surface area contributed by atoms with Crippen LogP contribution in [0.4, 0.5) is 0 Å². The highest BCUT2D eigenvalue weighted by atomic mass is 32.1. The molecule has 2 heteroatoms. The van der Waals surface area contributed by atoms with Crippen molar-refractivity contribution in [2.24, 2.45) is 0 Å². The highest BCUT2D eigenvalue weighted by molar-refractivity contribution is 7.26. The molecule has 0 bridgehead atoms. The average Bonchev–Trinajstić information content (AvgIpc) is 3.30. The smallest absolute Gasteiger partial charge is 0.143 e. The van der Waals surface area contributed by atoms with Gasteiger partial charge in [0, 0.05) is 41.7 Å². The predicted octanol–water partition coefficient (Wildman–Crippen LogP) is 8.23. The molecule has 0 N–H and O–H groups in total. The molecule has 0 aliphatic heterocycles. The molecule has 0 radical (unpaired) electrons. The van der Waals surface area contributed by atoms with Gasteiger partial charge in [-0.2, -0.15) is 0 Å². The summed E-state index contributed by atoms with van der Waals surface area (Å²) in [5, 5.41) is 7.66. The minimum Gasteiger partial charge on any atom is -0.455 e. The van der Waals surface area contributed by atoms with Crippen molar-refractivity contribution in [3.8, 4) is 0 Å². The third kappa shape index (κ3) is 2.12. The summed E-state index contributed by atoms with van der Waals surface area (Å²) in [6.07, 6.45) is 2.11. The molecule has 0 amide bonds. The maximum Gasteiger partial charge on any atom is 0.143 e. The van der Waals surface area contributed by atoms with Crippen molar-refractivity contribution >= 4 is 64.2 Å². The van der Waals surface area contributed by atoms with Crippen LogP contribution in [0.5, 0.6) is 0 Å². The van der Waals surface area contributed by atoms with Gasteiger partial charge in [-0.3, -0.25) is 0 Å². The SMILES string of the molecule is CCc1ccc2oc3c(ccc4c3ccc3c5cc(CC)ccc5sc34)c2c1. The summed E-state index contributed by atoms with van der Waals surface area (Å²) in [4.78, 5) is 0. The van der Waals surface area contributed by atoms with E-state index in [9.17, 15) is 0 Å². The maximum absolute atomic E-state index is 6.33. The Morgan fingerprint density at radius 3 is 2.00 bits per heavy atom. The third-order valence-corrected chi connectivity index (χ3v) is 7.23. The molecule has 0 saturated heterocycles. The topological polar surface area (TPSA) is 13.1 Å². The van der Waals surface area contributed by atoms with E-state index in [0.29, 0.717) is 0 Å². The first-order chi connectivity index (χ1) is 13.8. The van der Waals surface area contributed by atoms with Crippen LogP contribution in [0.15, 0.2) is 65.1 Å². The third-order valence-electron chi connectivity index (χ3n) is 6.01. The molecule has 0 spiro atoms. The van der Waals surface area contributed by atoms with Gasteiger partial charge in [-0.15, -0.1) is 11.3 Å². The van der Waals surface area contributed by atoms with Gasteiger partial charge in [0.15, 0.2) is 0 Å². The molecule has 28 heavy (non-hydrogen) atoms. The first kappa shape index (κ1) is 16.1. The van der Waals surface area contributed by atoms with E-state index < -0.39 is 0 Å². The van der Waals surface area contributed by atoms with Crippen molar-refractivity contribution in [1.82, 2.24) is 0 Å². The van der Waals surface area contributed by atoms with Gasteiger partial charge in [0.25, 0.3) is 0 Å². The van der Waals surface area contributed by atoms with Crippen molar-refractivity contribution in [2.45, 2.75) is 26.7 Å². The minimum atomic E-state index is 0.976. The molecule has 6 rings (SSSR count). The molecule has 2 heterocycles. The number of aryl methyl sites for hydroxylation is 2. The molecule has 136 valence electrons. The minimum absolute atomic E-state index is 0.976. The van der Waals surface area contributed by atoms with E-state index in [-0.39, 0.29) is 0 Å². The van der Waals surface area contributed by atoms with Crippen LogP contribution in [0.1, 0.15) is 25.0 Å². The molecule has 0 saturated carbocycles. The van der Waals surface area contributed by atoms with Gasteiger partial charge in [0.1, 0.15) is 11.2 Å². The van der Waals surface area contributed by atoms with Gasteiger partial charge in [-0.05, 0) is 60.4 Å². The van der Waals surface area contributed by atoms with Crippen LogP contribution in [0.3, 0.4) is 0 Å². The lowest BCUT2D eigenvalue weighted by Crippen LogP contribution is -1.78. The lowest BCUT2D eigenvalue weighted by Gasteiger charge is -2.01. The van der Waals surface area contributed by atoms with E-state index in [0.717, 1.165) is 24.0 Å². The van der Waals surface area contributed by atoms with Crippen molar-refractivity contribution < 1.29 is 4.42 Å². The Balaban J connectivity index is 1.73. The highest BCUT2D eigenvalue weighted by Crippen LogP contribution is 2.42. The number of benzene rings is 4. The van der Waals surface area contributed by atoms with Gasteiger partial charge in [-0.25, -0.2) is 0 Å². The van der Waals surface area contributed by atoms with Crippen molar-refractivity contribution in [1.29, 1.82) is 0 Å². The van der Waals surface area contributed by atoms with Gasteiger partial charge >= 0.3 is 0 Å². The molecule has 0 unspecified atom stereocenters. The van der Waals surface area contributed by atoms with Gasteiger partial charge in [0.05, 0.1) is 0 Å². The zero-order valence-electron chi connectivity index (χ0n) is 16.0. The van der Waals surface area contributed by atoms with Crippen LogP contribution < -0.4 is 0 Å². The summed E-state index contributed by atoms with van der Waals surface area (Å²) in [6, 6.07) is 22.5. The quantitative estimate of drug-likeness (QED) is 0.295. The van der Waals surface area contributed by atoms with Crippen LogP contribution in [0.25, 0.3) is 52.9 Å². The molecule has 0 atom stereocenters. The number of rotatable bonds is 2. The number of hydrogen-bond acceptors (Lipinski definition) is 2. The fourth-order valence-corrected chi connectivity index (χ4v) is 5.62. The van der Waals surface area contributed by atoms with Crippen LogP contribution in [0, 0.1) is 0 Å². The highest BCUT2D eigenvalue weighted by Gasteiger charge is 2.14. The van der Waals surface area contributed by atoms with E-state index in [2.05, 4.69) is 74.5 Å². The predicted molar refractivity (Wildman–Crippen MR) is 123 cm³/mol. The molecule has 2 aromatic heterocycles. The Morgan fingerprint density at radius 1 is 0.643 bits per heavy atom. The molecular formula is C26H20OS. The van der Waals surface area contributed by atoms with E-state index in [1.165, 1.54) is 52.8 Å². The second-order valence-electron chi connectivity index (χ2n) is 7.55. The molecule has 0 fully saturated rings. The van der Waals surface area contributed by atoms with E-state index in [1.807, 2.05) is 11.3 Å². The number of fused-ring (bicyclic) bond motifs is 9. The van der Waals surface area contributed by atoms with Crippen LogP contribution in [-0.2, 0) is 12.8 Å². The van der Waals surface area contributed by atoms with E-state index >= 15 is 0 Å². The van der Waals surface area contributed by atoms with Gasteiger partial charge in [0.2, 0.25) is 0 Å². The molecule has 0 aliphatic carbocycles. The lowest BCUT2D eigenvalue weighted by atomic mass is 10.0. The molecule has 1 nitrogen and oxygen atoms in total. The second kappa shape index (κ2) is 5.83. The van der Waals surface area contributed by atoms with Crippen molar-refractivity contribution in [2.75, 3.05) is 0 Å². The zero-order chi connectivity index (χ0) is 18.8. The fraction of sp³-hybridized carbons (Fsp3) is 0.154. The van der Waals surface area contributed by atoms with Crippen LogP contribution >= 0.6 is 11.3 Å². The maximum atomic E-state index is 6.33. The Labute approximate surface area is 167 Å². The summed E-state index contributed by atoms with van der Waals surface area (Å²) >= 11 is 1.89. The van der Waals surface area contributed by atoms with Crippen LogP contribution in [0.2, 0.25) is 0 Å². The molecule has 6 aromatic rings. The number of thiophene rings is 1. The standard InChI is InChI=1S/C26H20OS/c1-3-15-5-11-23-21(13-15)18-8-9-19-17(25(18)27-23)7-10-20-22-14-16(4-2)6-12-24(22)28-26(19)20/h5-14H,3-4H2,1-2H3. The van der Waals surface area contributed by atoms with Gasteiger partial charge < -0.3 is 4.42 Å². The Kier molecular flexibility index (Phi) is 3.36. The average molecular weight is 381 g/mol. The molecule has 4 aromatic carbocycles. The largest absolute Gasteiger partial charge is 0.455 e. The lowest BCUT2D eigenvalue weighted by molar-refractivity contribution is 0.672. The van der Waals surface area contributed by atoms with Crippen molar-refractivity contribution in [3.05, 3.63) is 71.8 Å². The second-order valence-corrected chi connectivity index (χ2v) is 8.60. The zero-order valence-corrected chi connectivity index (χ0v) is 16.8. The van der Waals surface area contributed by atoms with Gasteiger partial charge in [-0.1, -0.05) is 38.1 Å². The summed E-state index contributed by atoms with van der Waals surface area (Å²) in [7, 11) is 0. The molecular weight excluding hydrogens is 360 g/mol. The summed E-state index contributed by atoms with van der Waals surface area (Å²) in [6.45, 7) is 4.41. The van der Waals surface area contributed by atoms with E-state index in [1.54, 1.807) is 0 Å². The summed E-state index contributed by atoms with van der Waals surface area (Å²) in [5.74, 6) is 0. The number of hydrogen-bond donors (Lipinski definition) is 0.